The summed E-state index contributed by atoms with van der Waals surface area (Å²) >= 11 is 5.02. The molecule has 0 aromatic heterocycles. The second-order valence-electron chi connectivity index (χ2n) is 2.02. The minimum atomic E-state index is -0.269. The molecule has 0 aliphatic heterocycles. The van der Waals surface area contributed by atoms with Crippen LogP contribution in [0.1, 0.15) is 5.56 Å². The van der Waals surface area contributed by atoms with Gasteiger partial charge in [0, 0.05) is 8.04 Å². The number of halogens is 3. The predicted molar refractivity (Wildman–Crippen MR) is 52.7 cm³/mol. The molecule has 1 aromatic carbocycles. The summed E-state index contributed by atoms with van der Waals surface area (Å²) in [4.78, 5) is 0. The first-order valence-corrected chi connectivity index (χ1v) is 4.76. The van der Waals surface area contributed by atoms with E-state index in [9.17, 15) is 4.39 Å². The zero-order valence-electron chi connectivity index (χ0n) is 5.44. The Bertz CT molecular complexity index is 277. The van der Waals surface area contributed by atoms with Crippen molar-refractivity contribution >= 4 is 38.5 Å². The molecule has 60 valence electrons. The maximum atomic E-state index is 12.8. The molecule has 4 heteroatoms. The standard InChI is InChI=1S/C7H5BrFIO/c8-5-2-6(9)7(10)1-4(5)3-11/h1-2,11H,3H2. The Kier molecular flexibility index (Phi) is 3.27. The quantitative estimate of drug-likeness (QED) is 0.620. The van der Waals surface area contributed by atoms with Gasteiger partial charge in [-0.2, -0.15) is 0 Å². The normalized spacial score (nSPS) is 10.2. The van der Waals surface area contributed by atoms with Crippen LogP contribution in [-0.2, 0) is 6.61 Å². The van der Waals surface area contributed by atoms with Crippen molar-refractivity contribution in [2.75, 3.05) is 0 Å². The fourth-order valence-corrected chi connectivity index (χ4v) is 1.66. The molecule has 0 radical (unpaired) electrons. The van der Waals surface area contributed by atoms with Gasteiger partial charge in [0.25, 0.3) is 0 Å². The molecule has 0 amide bonds. The monoisotopic (exact) mass is 330 g/mol. The van der Waals surface area contributed by atoms with Gasteiger partial charge in [-0.3, -0.25) is 0 Å². The third-order valence-electron chi connectivity index (χ3n) is 1.26. The van der Waals surface area contributed by atoms with E-state index in [1.807, 2.05) is 22.6 Å². The van der Waals surface area contributed by atoms with Gasteiger partial charge >= 0.3 is 0 Å². The summed E-state index contributed by atoms with van der Waals surface area (Å²) in [7, 11) is 0. The van der Waals surface area contributed by atoms with Gasteiger partial charge in [-0.25, -0.2) is 4.39 Å². The number of benzene rings is 1. The van der Waals surface area contributed by atoms with Crippen LogP contribution in [-0.4, -0.2) is 5.11 Å². The van der Waals surface area contributed by atoms with Gasteiger partial charge in [0.1, 0.15) is 5.82 Å². The Morgan fingerprint density at radius 2 is 2.18 bits per heavy atom. The highest BCUT2D eigenvalue weighted by Crippen LogP contribution is 2.22. The molecule has 0 saturated heterocycles. The van der Waals surface area contributed by atoms with Crippen molar-refractivity contribution in [2.24, 2.45) is 0 Å². The first kappa shape index (κ1) is 9.41. The van der Waals surface area contributed by atoms with Gasteiger partial charge in [-0.1, -0.05) is 15.9 Å². The lowest BCUT2D eigenvalue weighted by Crippen LogP contribution is -1.89. The van der Waals surface area contributed by atoms with Crippen LogP contribution in [0.4, 0.5) is 4.39 Å². The predicted octanol–water partition coefficient (Wildman–Crippen LogP) is 2.69. The molecule has 0 bridgehead atoms. The molecule has 1 rings (SSSR count). The summed E-state index contributed by atoms with van der Waals surface area (Å²) in [6.45, 7) is -0.0726. The summed E-state index contributed by atoms with van der Waals surface area (Å²) in [5.41, 5.74) is 0.704. The highest BCUT2D eigenvalue weighted by molar-refractivity contribution is 14.1. The van der Waals surface area contributed by atoms with Crippen LogP contribution in [0.3, 0.4) is 0 Å². The molecule has 1 aromatic rings. The first-order valence-electron chi connectivity index (χ1n) is 2.89. The van der Waals surface area contributed by atoms with E-state index < -0.39 is 0 Å². The van der Waals surface area contributed by atoms with Crippen molar-refractivity contribution in [1.82, 2.24) is 0 Å². The van der Waals surface area contributed by atoms with E-state index in [0.29, 0.717) is 13.6 Å². The lowest BCUT2D eigenvalue weighted by molar-refractivity contribution is 0.281. The first-order chi connectivity index (χ1) is 5.15. The van der Waals surface area contributed by atoms with E-state index in [1.165, 1.54) is 6.07 Å². The fourth-order valence-electron chi connectivity index (χ4n) is 0.685. The Morgan fingerprint density at radius 1 is 1.55 bits per heavy atom. The molecule has 0 saturated carbocycles. The molecule has 0 aliphatic rings. The molecule has 1 N–H and O–H groups in total. The van der Waals surface area contributed by atoms with E-state index >= 15 is 0 Å². The van der Waals surface area contributed by atoms with Crippen LogP contribution < -0.4 is 0 Å². The summed E-state index contributed by atoms with van der Waals surface area (Å²) in [6, 6.07) is 2.97. The largest absolute Gasteiger partial charge is 0.392 e. The third kappa shape index (κ3) is 2.13. The van der Waals surface area contributed by atoms with Crippen LogP contribution >= 0.6 is 38.5 Å². The van der Waals surface area contributed by atoms with Crippen molar-refractivity contribution in [2.45, 2.75) is 6.61 Å². The molecule has 11 heavy (non-hydrogen) atoms. The molecule has 0 atom stereocenters. The maximum Gasteiger partial charge on any atom is 0.137 e. The van der Waals surface area contributed by atoms with E-state index in [-0.39, 0.29) is 12.4 Å². The van der Waals surface area contributed by atoms with Gasteiger partial charge < -0.3 is 5.11 Å². The lowest BCUT2D eigenvalue weighted by atomic mass is 10.2. The molecule has 0 spiro atoms. The topological polar surface area (TPSA) is 20.2 Å². The Labute approximate surface area is 85.9 Å². The van der Waals surface area contributed by atoms with Crippen molar-refractivity contribution in [1.29, 1.82) is 0 Å². The summed E-state index contributed by atoms with van der Waals surface area (Å²) in [5, 5.41) is 8.78. The van der Waals surface area contributed by atoms with Crippen molar-refractivity contribution in [3.8, 4) is 0 Å². The minimum absolute atomic E-state index is 0.0726. The van der Waals surface area contributed by atoms with Gasteiger partial charge in [-0.05, 0) is 40.3 Å². The van der Waals surface area contributed by atoms with Gasteiger partial charge in [0.05, 0.1) is 6.61 Å². The molecule has 0 aliphatic carbocycles. The molecule has 0 unspecified atom stereocenters. The molecule has 0 fully saturated rings. The van der Waals surface area contributed by atoms with Crippen molar-refractivity contribution in [3.63, 3.8) is 0 Å². The smallest absolute Gasteiger partial charge is 0.137 e. The fraction of sp³-hybridized carbons (Fsp3) is 0.143. The number of aliphatic hydroxyl groups excluding tert-OH is 1. The zero-order valence-corrected chi connectivity index (χ0v) is 9.19. The molecular formula is C7H5BrFIO. The number of hydrogen-bond acceptors (Lipinski definition) is 1. The van der Waals surface area contributed by atoms with Crippen molar-refractivity contribution < 1.29 is 9.50 Å². The minimum Gasteiger partial charge on any atom is -0.392 e. The Hall–Kier alpha value is 0.320. The van der Waals surface area contributed by atoms with Crippen LogP contribution in [0.2, 0.25) is 0 Å². The molecule has 0 heterocycles. The zero-order chi connectivity index (χ0) is 8.43. The van der Waals surface area contributed by atoms with Gasteiger partial charge in [0.2, 0.25) is 0 Å². The van der Waals surface area contributed by atoms with Crippen LogP contribution in [0.25, 0.3) is 0 Å². The van der Waals surface area contributed by atoms with Crippen molar-refractivity contribution in [3.05, 3.63) is 31.6 Å². The average Bonchev–Trinajstić information content (AvgIpc) is 1.97. The number of rotatable bonds is 1. The number of hydrogen-bond donors (Lipinski definition) is 1. The van der Waals surface area contributed by atoms with E-state index in [1.54, 1.807) is 6.07 Å². The highest BCUT2D eigenvalue weighted by Gasteiger charge is 2.04. The average molecular weight is 331 g/mol. The second kappa shape index (κ2) is 3.82. The van der Waals surface area contributed by atoms with Crippen LogP contribution in [0.15, 0.2) is 16.6 Å². The second-order valence-corrected chi connectivity index (χ2v) is 4.03. The SMILES string of the molecule is OCc1cc(I)c(F)cc1Br. The highest BCUT2D eigenvalue weighted by atomic mass is 127. The molecular weight excluding hydrogens is 326 g/mol. The van der Waals surface area contributed by atoms with Crippen LogP contribution in [0, 0.1) is 9.39 Å². The summed E-state index contributed by atoms with van der Waals surface area (Å²) in [5.74, 6) is -0.269. The third-order valence-corrected chi connectivity index (χ3v) is 2.82. The van der Waals surface area contributed by atoms with Gasteiger partial charge in [-0.15, -0.1) is 0 Å². The molecule has 1 nitrogen and oxygen atoms in total. The summed E-state index contributed by atoms with van der Waals surface area (Å²) in [6.07, 6.45) is 0. The van der Waals surface area contributed by atoms with E-state index in [0.717, 1.165) is 0 Å². The van der Waals surface area contributed by atoms with Crippen LogP contribution in [0.5, 0.6) is 0 Å². The Balaban J connectivity index is 3.21. The van der Waals surface area contributed by atoms with E-state index in [2.05, 4.69) is 15.9 Å². The number of aliphatic hydroxyl groups is 1. The van der Waals surface area contributed by atoms with E-state index in [4.69, 9.17) is 5.11 Å². The van der Waals surface area contributed by atoms with Gasteiger partial charge in [0.15, 0.2) is 0 Å². The Morgan fingerprint density at radius 3 is 2.73 bits per heavy atom. The lowest BCUT2D eigenvalue weighted by Gasteiger charge is -2.01. The summed E-state index contributed by atoms with van der Waals surface area (Å²) < 4.78 is 13.9. The maximum absolute atomic E-state index is 12.8.